The lowest BCUT2D eigenvalue weighted by Crippen LogP contribution is -2.66. The summed E-state index contributed by atoms with van der Waals surface area (Å²) in [7, 11) is -4.36. The number of thiocarbonyl (C=S) groups is 1. The Morgan fingerprint density at radius 1 is 0.827 bits per heavy atom. The van der Waals surface area contributed by atoms with E-state index in [-0.39, 0.29) is 23.1 Å². The van der Waals surface area contributed by atoms with Crippen LogP contribution in [0.15, 0.2) is 59.5 Å². The van der Waals surface area contributed by atoms with Crippen molar-refractivity contribution in [1.82, 2.24) is 14.9 Å². The lowest BCUT2D eigenvalue weighted by atomic mass is 9.97. The smallest absolute Gasteiger partial charge is 0.322 e. The number of hydrogen-bond acceptors (Lipinski definition) is 13. The minimum atomic E-state index is -4.36. The van der Waals surface area contributed by atoms with E-state index in [1.54, 1.807) is 26.0 Å². The van der Waals surface area contributed by atoms with Crippen LogP contribution in [0.1, 0.15) is 41.5 Å². The number of sulfonamides is 1. The predicted molar refractivity (Wildman–Crippen MR) is 188 cm³/mol. The summed E-state index contributed by atoms with van der Waals surface area (Å²) >= 11 is 5.44. The van der Waals surface area contributed by atoms with Crippen LogP contribution in [0, 0.1) is 5.92 Å². The molecule has 6 atom stereocenters. The quantitative estimate of drug-likeness (QED) is 0.134. The number of nitrogens with one attached hydrogen (secondary N) is 2. The van der Waals surface area contributed by atoms with E-state index in [9.17, 15) is 37.5 Å². The number of carboxylic acid groups (broad SMARTS) is 1. The molecule has 0 amide bonds. The summed E-state index contributed by atoms with van der Waals surface area (Å²) in [5, 5.41) is 15.5. The van der Waals surface area contributed by atoms with Crippen LogP contribution < -0.4 is 10.6 Å². The number of nitrogens with zero attached hydrogens (tertiary/aromatic N) is 1. The fraction of sp³-hybridized carbons (Fsp3) is 0.471. The van der Waals surface area contributed by atoms with Gasteiger partial charge in [0.05, 0.1) is 4.90 Å². The monoisotopic (exact) mass is 765 g/mol. The van der Waals surface area contributed by atoms with Crippen molar-refractivity contribution in [3.05, 3.63) is 54.6 Å². The second-order valence-corrected chi connectivity index (χ2v) is 14.4. The predicted octanol–water partition coefficient (Wildman–Crippen LogP) is 2.00. The van der Waals surface area contributed by atoms with Gasteiger partial charge in [0, 0.05) is 40.8 Å². The fourth-order valence-corrected chi connectivity index (χ4v) is 7.47. The Morgan fingerprint density at radius 2 is 1.37 bits per heavy atom. The number of carbonyl (C=O) groups excluding carboxylic acids is 4. The number of esters is 4. The molecular formula is C34H43N3O13S2. The molecule has 1 saturated heterocycles. The molecule has 1 heterocycles. The van der Waals surface area contributed by atoms with Gasteiger partial charge in [0.2, 0.25) is 10.0 Å². The van der Waals surface area contributed by atoms with E-state index < -0.39 is 89.1 Å². The van der Waals surface area contributed by atoms with Gasteiger partial charge in [-0.05, 0) is 41.4 Å². The van der Waals surface area contributed by atoms with E-state index >= 15 is 0 Å². The Bertz CT molecular complexity index is 1700. The second-order valence-electron chi connectivity index (χ2n) is 12.1. The topological polar surface area (TPSA) is 213 Å². The Labute approximate surface area is 307 Å². The van der Waals surface area contributed by atoms with Crippen LogP contribution in [0.5, 0.6) is 0 Å². The van der Waals surface area contributed by atoms with E-state index in [1.165, 1.54) is 12.1 Å². The van der Waals surface area contributed by atoms with Crippen LogP contribution in [0.2, 0.25) is 0 Å². The summed E-state index contributed by atoms with van der Waals surface area (Å²) in [6.07, 6.45) is -6.90. The summed E-state index contributed by atoms with van der Waals surface area (Å²) in [5.41, 5.74) is 1.64. The lowest BCUT2D eigenvalue weighted by molar-refractivity contribution is -0.254. The molecule has 3 rings (SSSR count). The molecule has 0 bridgehead atoms. The Morgan fingerprint density at radius 3 is 1.88 bits per heavy atom. The van der Waals surface area contributed by atoms with Crippen molar-refractivity contribution >= 4 is 57.2 Å². The van der Waals surface area contributed by atoms with E-state index in [2.05, 4.69) is 10.6 Å². The SMILES string of the molecule is CC(=O)OC[C@H]1O[C@@H](NC(=S)NCCN([C@@H](C(=O)O)C(C)C)S(=O)(=O)c2ccc(-c3ccccc3)cc2)[C@H](OC(C)=O)[C@@H](OC(C)=O)[C@@H]1OC(C)=O. The molecule has 18 heteroatoms. The highest BCUT2D eigenvalue weighted by Gasteiger charge is 2.52. The van der Waals surface area contributed by atoms with E-state index in [0.717, 1.165) is 43.1 Å². The third kappa shape index (κ3) is 11.4. The van der Waals surface area contributed by atoms with Crippen molar-refractivity contribution in [2.24, 2.45) is 5.92 Å². The van der Waals surface area contributed by atoms with Crippen LogP contribution in [-0.4, -0.2) is 109 Å². The normalized spacial score (nSPS) is 20.7. The molecule has 1 aliphatic rings. The van der Waals surface area contributed by atoms with Gasteiger partial charge in [-0.15, -0.1) is 0 Å². The average Bonchev–Trinajstić information content (AvgIpc) is 3.05. The standard InChI is InChI=1S/C34H43N3O13S2/c1-19(2)28(33(42)43)37(52(44,45)26-14-12-25(13-15-26)24-10-8-7-9-11-24)17-16-35-34(51)36-32-31(49-23(6)41)30(48-22(5)40)29(47-21(4)39)27(50-32)18-46-20(3)38/h7-15,19,27-32H,16-18H2,1-6H3,(H,42,43)(H2,35,36,51)/t27-,28-,29-,30+,31-,32-/m1/s1. The van der Waals surface area contributed by atoms with Gasteiger partial charge >= 0.3 is 29.8 Å². The molecular weight excluding hydrogens is 723 g/mol. The summed E-state index contributed by atoms with van der Waals surface area (Å²) in [6, 6.07) is 14.0. The first kappa shape index (κ1) is 41.8. The molecule has 0 radical (unpaired) electrons. The average molecular weight is 766 g/mol. The Hall–Kier alpha value is -4.65. The minimum Gasteiger partial charge on any atom is -0.480 e. The number of benzene rings is 2. The van der Waals surface area contributed by atoms with Crippen molar-refractivity contribution in [2.45, 2.75) is 83.1 Å². The highest BCUT2D eigenvalue weighted by Crippen LogP contribution is 2.29. The molecule has 1 aliphatic heterocycles. The first-order chi connectivity index (χ1) is 24.4. The van der Waals surface area contributed by atoms with Gasteiger partial charge in [0.1, 0.15) is 18.8 Å². The third-order valence-corrected chi connectivity index (χ3v) is 9.80. The van der Waals surface area contributed by atoms with Gasteiger partial charge in [-0.3, -0.25) is 24.0 Å². The molecule has 52 heavy (non-hydrogen) atoms. The summed E-state index contributed by atoms with van der Waals surface area (Å²) in [5.74, 6) is -5.10. The van der Waals surface area contributed by atoms with Gasteiger partial charge in [-0.2, -0.15) is 4.31 Å². The number of rotatable bonds is 15. The third-order valence-electron chi connectivity index (χ3n) is 7.64. The maximum atomic E-state index is 14.0. The molecule has 16 nitrogen and oxygen atoms in total. The van der Waals surface area contributed by atoms with Crippen molar-refractivity contribution in [1.29, 1.82) is 0 Å². The van der Waals surface area contributed by atoms with Crippen molar-refractivity contribution < 1.29 is 61.2 Å². The zero-order chi connectivity index (χ0) is 38.7. The second kappa shape index (κ2) is 18.7. The molecule has 2 aromatic rings. The zero-order valence-electron chi connectivity index (χ0n) is 29.5. The highest BCUT2D eigenvalue weighted by atomic mass is 32.2. The van der Waals surface area contributed by atoms with Crippen LogP contribution >= 0.6 is 12.2 Å². The molecule has 0 aromatic heterocycles. The molecule has 0 aliphatic carbocycles. The number of carboxylic acids is 1. The molecule has 284 valence electrons. The molecule has 2 aromatic carbocycles. The Kier molecular flexibility index (Phi) is 15.0. The van der Waals surface area contributed by atoms with E-state index in [0.29, 0.717) is 0 Å². The van der Waals surface area contributed by atoms with E-state index in [4.69, 9.17) is 35.9 Å². The first-order valence-electron chi connectivity index (χ1n) is 16.2. The maximum absolute atomic E-state index is 14.0. The van der Waals surface area contributed by atoms with Gasteiger partial charge in [-0.25, -0.2) is 8.42 Å². The number of carbonyl (C=O) groups is 5. The van der Waals surface area contributed by atoms with Crippen LogP contribution in [0.25, 0.3) is 11.1 Å². The van der Waals surface area contributed by atoms with Crippen molar-refractivity contribution in [3.63, 3.8) is 0 Å². The Balaban J connectivity index is 1.86. The highest BCUT2D eigenvalue weighted by molar-refractivity contribution is 7.89. The van der Waals surface area contributed by atoms with Crippen molar-refractivity contribution in [3.8, 4) is 11.1 Å². The van der Waals surface area contributed by atoms with Gasteiger partial charge in [0.15, 0.2) is 29.7 Å². The van der Waals surface area contributed by atoms with Gasteiger partial charge < -0.3 is 39.4 Å². The summed E-state index contributed by atoms with van der Waals surface area (Å²) < 4.78 is 56.0. The fourth-order valence-electron chi connectivity index (χ4n) is 5.54. The number of ether oxygens (including phenoxy) is 5. The van der Waals surface area contributed by atoms with Gasteiger partial charge in [-0.1, -0.05) is 56.3 Å². The minimum absolute atomic E-state index is 0.114. The van der Waals surface area contributed by atoms with Gasteiger partial charge in [0.25, 0.3) is 0 Å². The maximum Gasteiger partial charge on any atom is 0.322 e. The largest absolute Gasteiger partial charge is 0.480 e. The number of hydrogen-bond donors (Lipinski definition) is 3. The van der Waals surface area contributed by atoms with Crippen molar-refractivity contribution in [2.75, 3.05) is 19.7 Å². The molecule has 0 unspecified atom stereocenters. The molecule has 1 fully saturated rings. The number of aliphatic carboxylic acids is 1. The van der Waals surface area contributed by atoms with Crippen LogP contribution in [0.4, 0.5) is 0 Å². The lowest BCUT2D eigenvalue weighted by Gasteiger charge is -2.44. The zero-order valence-corrected chi connectivity index (χ0v) is 31.1. The summed E-state index contributed by atoms with van der Waals surface area (Å²) in [4.78, 5) is 60.1. The van der Waals surface area contributed by atoms with E-state index in [1.807, 2.05) is 30.3 Å². The molecule has 0 saturated carbocycles. The first-order valence-corrected chi connectivity index (χ1v) is 18.0. The molecule has 0 spiro atoms. The summed E-state index contributed by atoms with van der Waals surface area (Å²) in [6.45, 7) is 6.57. The van der Waals surface area contributed by atoms with Crippen LogP contribution in [-0.2, 0) is 57.7 Å². The van der Waals surface area contributed by atoms with Crippen LogP contribution in [0.3, 0.4) is 0 Å². The molecule has 3 N–H and O–H groups in total.